The smallest absolute Gasteiger partial charge is 0.254 e. The Morgan fingerprint density at radius 2 is 1.94 bits per heavy atom. The number of halogens is 2. The lowest BCUT2D eigenvalue weighted by atomic mass is 9.82. The van der Waals surface area contributed by atoms with Crippen LogP contribution in [0.1, 0.15) is 37.0 Å². The van der Waals surface area contributed by atoms with Gasteiger partial charge >= 0.3 is 0 Å². The number of benzene rings is 1. The van der Waals surface area contributed by atoms with E-state index < -0.39 is 0 Å². The van der Waals surface area contributed by atoms with Crippen LogP contribution in [-0.2, 0) is 0 Å². The molecule has 1 aliphatic rings. The molecule has 98 valence electrons. The van der Waals surface area contributed by atoms with Gasteiger partial charge in [0.25, 0.3) is 5.91 Å². The van der Waals surface area contributed by atoms with Crippen LogP contribution >= 0.6 is 38.5 Å². The zero-order valence-corrected chi connectivity index (χ0v) is 14.4. The maximum absolute atomic E-state index is 12.5. The molecule has 1 fully saturated rings. The molecule has 18 heavy (non-hydrogen) atoms. The minimum atomic E-state index is 0.163. The summed E-state index contributed by atoms with van der Waals surface area (Å²) in [4.78, 5) is 14.5. The van der Waals surface area contributed by atoms with Crippen LogP contribution in [0.3, 0.4) is 0 Å². The van der Waals surface area contributed by atoms with Crippen molar-refractivity contribution in [3.05, 3.63) is 31.8 Å². The second-order valence-electron chi connectivity index (χ2n) is 5.58. The molecule has 0 bridgehead atoms. The van der Waals surface area contributed by atoms with E-state index in [-0.39, 0.29) is 5.91 Å². The molecule has 0 spiro atoms. The fraction of sp³-hybridized carbons (Fsp3) is 0.500. The van der Waals surface area contributed by atoms with Crippen molar-refractivity contribution in [1.29, 1.82) is 0 Å². The minimum Gasteiger partial charge on any atom is -0.339 e. The van der Waals surface area contributed by atoms with Gasteiger partial charge in [-0.1, -0.05) is 29.8 Å². The zero-order valence-electron chi connectivity index (χ0n) is 10.7. The minimum absolute atomic E-state index is 0.163. The number of hydrogen-bond acceptors (Lipinski definition) is 1. The zero-order chi connectivity index (χ0) is 13.3. The van der Waals surface area contributed by atoms with Crippen LogP contribution < -0.4 is 0 Å². The van der Waals surface area contributed by atoms with Crippen molar-refractivity contribution < 1.29 is 4.79 Å². The Hall–Kier alpha value is -0.100. The highest BCUT2D eigenvalue weighted by molar-refractivity contribution is 14.1. The molecule has 1 heterocycles. The van der Waals surface area contributed by atoms with E-state index >= 15 is 0 Å². The molecule has 0 atom stereocenters. The Labute approximate surface area is 130 Å². The van der Waals surface area contributed by atoms with Gasteiger partial charge in [0.05, 0.1) is 5.56 Å². The van der Waals surface area contributed by atoms with Crippen LogP contribution in [0.15, 0.2) is 22.7 Å². The number of nitrogens with zero attached hydrogens (tertiary/aromatic N) is 1. The maximum atomic E-state index is 12.5. The first-order valence-electron chi connectivity index (χ1n) is 6.13. The van der Waals surface area contributed by atoms with E-state index in [0.29, 0.717) is 5.41 Å². The summed E-state index contributed by atoms with van der Waals surface area (Å²) in [6, 6.07) is 5.87. The molecule has 1 aromatic rings. The van der Waals surface area contributed by atoms with Gasteiger partial charge in [-0.05, 0) is 59.0 Å². The maximum Gasteiger partial charge on any atom is 0.254 e. The third-order valence-electron chi connectivity index (χ3n) is 3.56. The van der Waals surface area contributed by atoms with Gasteiger partial charge in [-0.3, -0.25) is 4.79 Å². The second kappa shape index (κ2) is 5.49. The van der Waals surface area contributed by atoms with Crippen molar-refractivity contribution in [2.24, 2.45) is 5.41 Å². The number of carbonyl (C=O) groups is 1. The van der Waals surface area contributed by atoms with Crippen molar-refractivity contribution >= 4 is 44.4 Å². The topological polar surface area (TPSA) is 20.3 Å². The summed E-state index contributed by atoms with van der Waals surface area (Å²) in [5.41, 5.74) is 1.19. The molecule has 0 aliphatic carbocycles. The lowest BCUT2D eigenvalue weighted by Gasteiger charge is -2.37. The van der Waals surface area contributed by atoms with Gasteiger partial charge in [0, 0.05) is 21.1 Å². The predicted molar refractivity (Wildman–Crippen MR) is 85.8 cm³/mol. The SMILES string of the molecule is CC1(C)CCN(C(=O)c2cc(Br)ccc2I)CC1. The highest BCUT2D eigenvalue weighted by Gasteiger charge is 2.28. The summed E-state index contributed by atoms with van der Waals surface area (Å²) >= 11 is 5.66. The molecule has 2 rings (SSSR count). The number of hydrogen-bond donors (Lipinski definition) is 0. The monoisotopic (exact) mass is 421 g/mol. The Bertz CT molecular complexity index is 463. The van der Waals surface area contributed by atoms with Gasteiger partial charge in [0.15, 0.2) is 0 Å². The molecular formula is C14H17BrINO. The number of likely N-dealkylation sites (tertiary alicyclic amines) is 1. The molecule has 1 saturated heterocycles. The second-order valence-corrected chi connectivity index (χ2v) is 7.66. The van der Waals surface area contributed by atoms with Gasteiger partial charge in [0.1, 0.15) is 0 Å². The first-order chi connectivity index (χ1) is 8.39. The molecule has 4 heteroatoms. The number of amides is 1. The average Bonchev–Trinajstić information content (AvgIpc) is 2.31. The van der Waals surface area contributed by atoms with E-state index in [4.69, 9.17) is 0 Å². The third kappa shape index (κ3) is 3.26. The van der Waals surface area contributed by atoms with Crippen LogP contribution in [0.5, 0.6) is 0 Å². The predicted octanol–water partition coefficient (Wildman–Crippen LogP) is 4.32. The molecule has 2 nitrogen and oxygen atoms in total. The van der Waals surface area contributed by atoms with E-state index in [1.807, 2.05) is 23.1 Å². The fourth-order valence-corrected chi connectivity index (χ4v) is 3.07. The highest BCUT2D eigenvalue weighted by Crippen LogP contribution is 2.31. The van der Waals surface area contributed by atoms with E-state index in [2.05, 4.69) is 52.4 Å². The summed E-state index contributed by atoms with van der Waals surface area (Å²) in [6.07, 6.45) is 2.17. The third-order valence-corrected chi connectivity index (χ3v) is 5.00. The fourth-order valence-electron chi connectivity index (χ4n) is 2.15. The van der Waals surface area contributed by atoms with Gasteiger partial charge in [-0.25, -0.2) is 0 Å². The van der Waals surface area contributed by atoms with Crippen molar-refractivity contribution in [3.8, 4) is 0 Å². The van der Waals surface area contributed by atoms with Crippen LogP contribution in [0.2, 0.25) is 0 Å². The quantitative estimate of drug-likeness (QED) is 0.618. The van der Waals surface area contributed by atoms with Gasteiger partial charge in [-0.2, -0.15) is 0 Å². The highest BCUT2D eigenvalue weighted by atomic mass is 127. The molecular weight excluding hydrogens is 405 g/mol. The average molecular weight is 422 g/mol. The summed E-state index contributed by atoms with van der Waals surface area (Å²) in [7, 11) is 0. The molecule has 0 unspecified atom stereocenters. The molecule has 0 saturated carbocycles. The first kappa shape index (κ1) is 14.3. The Kier molecular flexibility index (Phi) is 4.36. The van der Waals surface area contributed by atoms with Crippen molar-refractivity contribution in [1.82, 2.24) is 4.90 Å². The Morgan fingerprint density at radius 1 is 1.33 bits per heavy atom. The molecule has 1 amide bonds. The lowest BCUT2D eigenvalue weighted by Crippen LogP contribution is -2.41. The first-order valence-corrected chi connectivity index (χ1v) is 8.01. The van der Waals surface area contributed by atoms with Gasteiger partial charge in [0.2, 0.25) is 0 Å². The molecule has 1 aliphatic heterocycles. The largest absolute Gasteiger partial charge is 0.339 e. The number of piperidine rings is 1. The van der Waals surface area contributed by atoms with E-state index in [1.54, 1.807) is 0 Å². The molecule has 0 radical (unpaired) electrons. The normalized spacial score (nSPS) is 18.8. The van der Waals surface area contributed by atoms with E-state index in [1.165, 1.54) is 0 Å². The van der Waals surface area contributed by atoms with Gasteiger partial charge in [-0.15, -0.1) is 0 Å². The van der Waals surface area contributed by atoms with Crippen LogP contribution in [-0.4, -0.2) is 23.9 Å². The van der Waals surface area contributed by atoms with E-state index in [9.17, 15) is 4.79 Å². The van der Waals surface area contributed by atoms with Crippen LogP contribution in [0.25, 0.3) is 0 Å². The van der Waals surface area contributed by atoms with Crippen molar-refractivity contribution in [2.75, 3.05) is 13.1 Å². The van der Waals surface area contributed by atoms with Crippen molar-refractivity contribution in [2.45, 2.75) is 26.7 Å². The van der Waals surface area contributed by atoms with E-state index in [0.717, 1.165) is 39.5 Å². The molecule has 1 aromatic carbocycles. The Morgan fingerprint density at radius 3 is 2.56 bits per heavy atom. The number of carbonyl (C=O) groups excluding carboxylic acids is 1. The summed E-state index contributed by atoms with van der Waals surface area (Å²) < 4.78 is 1.98. The standard InChI is InChI=1S/C14H17BrINO/c1-14(2)5-7-17(8-6-14)13(18)11-9-10(15)3-4-12(11)16/h3-4,9H,5-8H2,1-2H3. The lowest BCUT2D eigenvalue weighted by molar-refractivity contribution is 0.0629. The molecule has 0 aromatic heterocycles. The summed E-state index contributed by atoms with van der Waals surface area (Å²) in [6.45, 7) is 6.29. The van der Waals surface area contributed by atoms with Crippen LogP contribution in [0.4, 0.5) is 0 Å². The summed E-state index contributed by atoms with van der Waals surface area (Å²) in [5, 5.41) is 0. The summed E-state index contributed by atoms with van der Waals surface area (Å²) in [5.74, 6) is 0.163. The molecule has 0 N–H and O–H groups in total. The van der Waals surface area contributed by atoms with Gasteiger partial charge < -0.3 is 4.90 Å². The Balaban J connectivity index is 2.15. The van der Waals surface area contributed by atoms with Crippen LogP contribution in [0, 0.1) is 8.99 Å². The van der Waals surface area contributed by atoms with Crippen molar-refractivity contribution in [3.63, 3.8) is 0 Å². The number of rotatable bonds is 1.